The monoisotopic (exact) mass is 431 g/mol. The van der Waals surface area contributed by atoms with Crippen molar-refractivity contribution >= 4 is 46.0 Å². The molecule has 3 rings (SSSR count). The summed E-state index contributed by atoms with van der Waals surface area (Å²) in [7, 11) is -4.27. The maximum Gasteiger partial charge on any atom is 0.124 e. The zero-order chi connectivity index (χ0) is 17.9. The van der Waals surface area contributed by atoms with Crippen LogP contribution < -0.4 is 4.57 Å². The molecule has 0 fully saturated rings. The molecule has 0 aliphatic heterocycles. The molecule has 0 unspecified atom stereocenters. The van der Waals surface area contributed by atoms with Crippen LogP contribution in [0.15, 0.2) is 47.4 Å². The summed E-state index contributed by atoms with van der Waals surface area (Å²) < 4.78 is 36.4. The summed E-state index contributed by atoms with van der Waals surface area (Å²) in [5, 5.41) is 0.836. The van der Waals surface area contributed by atoms with Gasteiger partial charge in [-0.2, -0.15) is 0 Å². The molecule has 0 saturated carbocycles. The minimum absolute atomic E-state index is 0.178. The Balaban J connectivity index is 0.000000177. The maximum absolute atomic E-state index is 10.4. The largest absolute Gasteiger partial charge is 0.744 e. The van der Waals surface area contributed by atoms with Crippen LogP contribution >= 0.6 is 11.6 Å². The number of hydrogen-bond donors (Lipinski definition) is 0. The molecule has 0 saturated heterocycles. The summed E-state index contributed by atoms with van der Waals surface area (Å²) in [5.41, 5.74) is 2.24. The van der Waals surface area contributed by atoms with Crippen LogP contribution in [-0.2, 0) is 16.7 Å². The summed E-state index contributed by atoms with van der Waals surface area (Å²) >= 11 is 6.47. The molecule has 24 heavy (non-hydrogen) atoms. The normalized spacial score (nSPS) is 11.2. The Hall–Kier alpha value is -1.17. The molecular formula is C17H18ClNO3SSe. The first kappa shape index (κ1) is 19.2. The van der Waals surface area contributed by atoms with E-state index >= 15 is 0 Å². The maximum atomic E-state index is 10.4. The molecule has 128 valence electrons. The van der Waals surface area contributed by atoms with Crippen LogP contribution in [0.1, 0.15) is 17.1 Å². The van der Waals surface area contributed by atoms with Crippen molar-refractivity contribution in [3.63, 3.8) is 0 Å². The molecule has 0 atom stereocenters. The van der Waals surface area contributed by atoms with E-state index in [9.17, 15) is 13.0 Å². The Morgan fingerprint density at radius 3 is 2.29 bits per heavy atom. The van der Waals surface area contributed by atoms with Gasteiger partial charge < -0.3 is 4.55 Å². The van der Waals surface area contributed by atoms with Crippen LogP contribution in [0.4, 0.5) is 0 Å². The predicted octanol–water partition coefficient (Wildman–Crippen LogP) is 3.07. The number of rotatable bonds is 2. The van der Waals surface area contributed by atoms with Crippen molar-refractivity contribution in [1.29, 1.82) is 0 Å². The third kappa shape index (κ3) is 4.68. The Labute approximate surface area is 153 Å². The van der Waals surface area contributed by atoms with Crippen molar-refractivity contribution in [3.05, 3.63) is 57.6 Å². The number of benzene rings is 2. The van der Waals surface area contributed by atoms with Crippen molar-refractivity contribution in [3.8, 4) is 0 Å². The minimum Gasteiger partial charge on any atom is -0.744 e. The number of aromatic nitrogens is 1. The van der Waals surface area contributed by atoms with Crippen molar-refractivity contribution < 1.29 is 17.5 Å². The van der Waals surface area contributed by atoms with E-state index < -0.39 is 10.1 Å². The zero-order valence-electron chi connectivity index (χ0n) is 13.6. The van der Waals surface area contributed by atoms with Gasteiger partial charge in [-0.25, -0.2) is 8.42 Å². The quantitative estimate of drug-likeness (QED) is 0.356. The van der Waals surface area contributed by atoms with Gasteiger partial charge in [0.05, 0.1) is 4.90 Å². The fourth-order valence-corrected chi connectivity index (χ4v) is 5.14. The second kappa shape index (κ2) is 7.81. The van der Waals surface area contributed by atoms with Crippen LogP contribution in [0, 0.1) is 13.8 Å². The number of hydrogen-bond acceptors (Lipinski definition) is 3. The molecule has 0 radical (unpaired) electrons. The molecule has 0 aliphatic rings. The molecule has 1 heterocycles. The predicted molar refractivity (Wildman–Crippen MR) is 95.6 cm³/mol. The second-order valence-corrected chi connectivity index (χ2v) is 9.65. The van der Waals surface area contributed by atoms with E-state index in [2.05, 4.69) is 30.5 Å². The number of fused-ring (bicyclic) bond motifs is 1. The Bertz CT molecular complexity index is 950. The van der Waals surface area contributed by atoms with Gasteiger partial charge in [0.1, 0.15) is 10.1 Å². The fourth-order valence-electron chi connectivity index (χ4n) is 2.27. The minimum atomic E-state index is -4.27. The number of nitrogens with zero attached hydrogens (tertiary/aromatic N) is 1. The first-order valence-corrected chi connectivity index (χ1v) is 10.8. The molecule has 1 aromatic heterocycles. The third-order valence-corrected chi connectivity index (χ3v) is 6.83. The molecule has 3 aromatic rings. The molecule has 0 bridgehead atoms. The van der Waals surface area contributed by atoms with Crippen LogP contribution in [0.3, 0.4) is 0 Å². The van der Waals surface area contributed by atoms with E-state index in [4.69, 9.17) is 11.6 Å². The van der Waals surface area contributed by atoms with E-state index in [1.165, 1.54) is 26.5 Å². The van der Waals surface area contributed by atoms with Crippen molar-refractivity contribution in [1.82, 2.24) is 0 Å². The van der Waals surface area contributed by atoms with Crippen LogP contribution in [0.25, 0.3) is 9.78 Å². The van der Waals surface area contributed by atoms with Gasteiger partial charge in [-0.3, -0.25) is 0 Å². The smallest absolute Gasteiger partial charge is 0.124 e. The Morgan fingerprint density at radius 2 is 1.75 bits per heavy atom. The summed E-state index contributed by atoms with van der Waals surface area (Å²) in [6, 6.07) is 12.0. The summed E-state index contributed by atoms with van der Waals surface area (Å²) in [4.78, 5) is -0.178. The van der Waals surface area contributed by atoms with E-state index in [-0.39, 0.29) is 4.90 Å². The standard InChI is InChI=1S/C10H11ClNSe.C7H8O3S/c1-3-12-7(2)13-10-5-4-8(11)6-9(10)12;1-6-2-4-7(5-3-6)11(8,9)10/h4-6H,3H2,1-2H3;2-5H,1H3,(H,8,9,10)/q+1;/p-1. The molecular weight excluding hydrogens is 413 g/mol. The number of aryl methyl sites for hydroxylation is 3. The second-order valence-electron chi connectivity index (χ2n) is 5.24. The van der Waals surface area contributed by atoms with Gasteiger partial charge in [0.25, 0.3) is 0 Å². The molecule has 0 N–H and O–H groups in total. The molecule has 7 heteroatoms. The zero-order valence-corrected chi connectivity index (χ0v) is 16.9. The van der Waals surface area contributed by atoms with Gasteiger partial charge in [-0.05, 0) is 19.1 Å². The van der Waals surface area contributed by atoms with Crippen LogP contribution in [-0.4, -0.2) is 27.5 Å². The first-order valence-electron chi connectivity index (χ1n) is 7.33. The van der Waals surface area contributed by atoms with Gasteiger partial charge in [0.2, 0.25) is 0 Å². The van der Waals surface area contributed by atoms with Gasteiger partial charge in [0.15, 0.2) is 0 Å². The van der Waals surface area contributed by atoms with E-state index in [1.807, 2.05) is 13.0 Å². The molecule has 0 aliphatic carbocycles. The van der Waals surface area contributed by atoms with Gasteiger partial charge in [-0.1, -0.05) is 17.7 Å². The van der Waals surface area contributed by atoms with Crippen molar-refractivity contribution in [2.75, 3.05) is 0 Å². The van der Waals surface area contributed by atoms with Crippen molar-refractivity contribution in [2.45, 2.75) is 32.2 Å². The molecule has 2 aromatic carbocycles. The number of halogens is 1. The third-order valence-electron chi connectivity index (χ3n) is 3.48. The van der Waals surface area contributed by atoms with Gasteiger partial charge in [-0.15, -0.1) is 0 Å². The van der Waals surface area contributed by atoms with Gasteiger partial charge in [0, 0.05) is 0 Å². The topological polar surface area (TPSA) is 61.1 Å². The summed E-state index contributed by atoms with van der Waals surface area (Å²) in [5.74, 6) is 0. The Kier molecular flexibility index (Phi) is 6.23. The van der Waals surface area contributed by atoms with E-state index in [0.717, 1.165) is 17.1 Å². The molecule has 0 amide bonds. The summed E-state index contributed by atoms with van der Waals surface area (Å²) in [6.45, 7) is 7.25. The van der Waals surface area contributed by atoms with E-state index in [0.29, 0.717) is 14.5 Å². The summed E-state index contributed by atoms with van der Waals surface area (Å²) in [6.07, 6.45) is 0. The fraction of sp³-hybridized carbons (Fsp3) is 0.235. The van der Waals surface area contributed by atoms with Crippen molar-refractivity contribution in [2.24, 2.45) is 0 Å². The first-order chi connectivity index (χ1) is 11.2. The average molecular weight is 431 g/mol. The molecule has 4 nitrogen and oxygen atoms in total. The average Bonchev–Trinajstić information content (AvgIpc) is 2.82. The molecule has 0 spiro atoms. The van der Waals surface area contributed by atoms with E-state index in [1.54, 1.807) is 12.1 Å². The van der Waals surface area contributed by atoms with Crippen LogP contribution in [0.5, 0.6) is 0 Å². The van der Waals surface area contributed by atoms with Crippen LogP contribution in [0.2, 0.25) is 5.02 Å². The van der Waals surface area contributed by atoms with Gasteiger partial charge >= 0.3 is 88.6 Å². The Morgan fingerprint density at radius 1 is 1.12 bits per heavy atom. The SMILES string of the molecule is CC[n+]1c(C)[se]c2ccc(Cl)cc21.Cc1ccc(S(=O)(=O)[O-])cc1.